The molecular weight excluding hydrogens is 422 g/mol. The first-order chi connectivity index (χ1) is 12.8. The van der Waals surface area contributed by atoms with Gasteiger partial charge in [-0.3, -0.25) is 9.59 Å². The van der Waals surface area contributed by atoms with Crippen LogP contribution in [0.15, 0.2) is 53.0 Å². The van der Waals surface area contributed by atoms with Gasteiger partial charge in [0.25, 0.3) is 11.8 Å². The van der Waals surface area contributed by atoms with Crippen molar-refractivity contribution in [2.24, 2.45) is 5.73 Å². The lowest BCUT2D eigenvalue weighted by Gasteiger charge is -2.10. The fourth-order valence-electron chi connectivity index (χ4n) is 2.45. The molecule has 138 valence electrons. The molecule has 0 fully saturated rings. The molecule has 3 N–H and O–H groups in total. The second kappa shape index (κ2) is 7.71. The van der Waals surface area contributed by atoms with E-state index in [2.05, 4.69) is 21.2 Å². The largest absolute Gasteiger partial charge is 0.484 e. The molecule has 0 aliphatic rings. The van der Waals surface area contributed by atoms with E-state index in [4.69, 9.17) is 10.5 Å². The number of rotatable bonds is 5. The van der Waals surface area contributed by atoms with Gasteiger partial charge in [-0.15, -0.1) is 0 Å². The molecule has 0 atom stereocenters. The molecule has 3 aromatic rings. The Morgan fingerprint density at radius 2 is 1.70 bits per heavy atom. The van der Waals surface area contributed by atoms with Gasteiger partial charge in [0, 0.05) is 10.5 Å². The maximum atomic E-state index is 13.8. The smallest absolute Gasteiger partial charge is 0.262 e. The summed E-state index contributed by atoms with van der Waals surface area (Å²) in [7, 11) is 0. The number of carbonyl (C=O) groups is 2. The van der Waals surface area contributed by atoms with Crippen molar-refractivity contribution in [3.05, 3.63) is 70.2 Å². The number of ether oxygens (including phenoxy) is 1. The minimum absolute atomic E-state index is 0.359. The summed E-state index contributed by atoms with van der Waals surface area (Å²) in [5.74, 6) is -3.41. The Kier molecular flexibility index (Phi) is 5.36. The van der Waals surface area contributed by atoms with Crippen molar-refractivity contribution in [3.63, 3.8) is 0 Å². The minimum atomic E-state index is -1.10. The van der Waals surface area contributed by atoms with Crippen LogP contribution in [-0.4, -0.2) is 18.4 Å². The SMILES string of the molecule is NC(=O)c1cc(NC(=O)COc2ccc3cc(Br)ccc3c2)c(F)cc1F. The molecule has 0 unspecified atom stereocenters. The third kappa shape index (κ3) is 4.40. The normalized spacial score (nSPS) is 10.6. The Hall–Kier alpha value is -3.00. The summed E-state index contributed by atoms with van der Waals surface area (Å²) in [6.07, 6.45) is 0. The van der Waals surface area contributed by atoms with Crippen LogP contribution in [0.25, 0.3) is 10.8 Å². The van der Waals surface area contributed by atoms with Crippen LogP contribution < -0.4 is 15.8 Å². The van der Waals surface area contributed by atoms with Crippen molar-refractivity contribution in [2.45, 2.75) is 0 Å². The van der Waals surface area contributed by atoms with E-state index >= 15 is 0 Å². The lowest BCUT2D eigenvalue weighted by Crippen LogP contribution is -2.22. The van der Waals surface area contributed by atoms with Crippen LogP contribution in [0.1, 0.15) is 10.4 Å². The summed E-state index contributed by atoms with van der Waals surface area (Å²) in [5.41, 5.74) is 4.13. The number of anilines is 1. The Bertz CT molecular complexity index is 1060. The zero-order valence-electron chi connectivity index (χ0n) is 13.8. The van der Waals surface area contributed by atoms with Crippen LogP contribution in [-0.2, 0) is 4.79 Å². The van der Waals surface area contributed by atoms with E-state index in [9.17, 15) is 18.4 Å². The zero-order chi connectivity index (χ0) is 19.6. The average molecular weight is 435 g/mol. The molecule has 3 rings (SSSR count). The lowest BCUT2D eigenvalue weighted by molar-refractivity contribution is -0.118. The van der Waals surface area contributed by atoms with E-state index in [1.165, 1.54) is 0 Å². The van der Waals surface area contributed by atoms with Gasteiger partial charge in [-0.1, -0.05) is 28.1 Å². The summed E-state index contributed by atoms with van der Waals surface area (Å²) >= 11 is 3.39. The standard InChI is InChI=1S/C19H13BrF2N2O3/c20-12-3-1-11-6-13(4-2-10(11)5-12)27-9-18(25)24-17-7-14(19(23)26)15(21)8-16(17)22/h1-8H,9H2,(H2,23,26)(H,24,25). The van der Waals surface area contributed by atoms with Crippen molar-refractivity contribution in [1.29, 1.82) is 0 Å². The van der Waals surface area contributed by atoms with Crippen molar-refractivity contribution >= 4 is 44.2 Å². The highest BCUT2D eigenvalue weighted by atomic mass is 79.9. The number of carbonyl (C=O) groups excluding carboxylic acids is 2. The maximum Gasteiger partial charge on any atom is 0.262 e. The first-order valence-corrected chi connectivity index (χ1v) is 8.53. The van der Waals surface area contributed by atoms with E-state index in [1.54, 1.807) is 12.1 Å². The van der Waals surface area contributed by atoms with Crippen molar-refractivity contribution in [1.82, 2.24) is 0 Å². The number of amides is 2. The fourth-order valence-corrected chi connectivity index (χ4v) is 2.83. The Labute approximate surface area is 161 Å². The summed E-state index contributed by atoms with van der Waals surface area (Å²) in [5, 5.41) is 4.14. The van der Waals surface area contributed by atoms with Gasteiger partial charge in [0.2, 0.25) is 0 Å². The topological polar surface area (TPSA) is 81.4 Å². The number of benzene rings is 3. The Morgan fingerprint density at radius 3 is 2.44 bits per heavy atom. The third-order valence-corrected chi connectivity index (χ3v) is 4.23. The molecule has 0 aliphatic heterocycles. The predicted octanol–water partition coefficient (Wildman–Crippen LogP) is 4.00. The Morgan fingerprint density at radius 1 is 1.00 bits per heavy atom. The molecule has 0 spiro atoms. The van der Waals surface area contributed by atoms with Gasteiger partial charge in [-0.25, -0.2) is 8.78 Å². The molecule has 5 nitrogen and oxygen atoms in total. The fraction of sp³-hybridized carbons (Fsp3) is 0.0526. The zero-order valence-corrected chi connectivity index (χ0v) is 15.3. The quantitative estimate of drug-likeness (QED) is 0.636. The minimum Gasteiger partial charge on any atom is -0.484 e. The summed E-state index contributed by atoms with van der Waals surface area (Å²) in [4.78, 5) is 23.1. The summed E-state index contributed by atoms with van der Waals surface area (Å²) in [6.45, 7) is -0.398. The molecule has 0 aliphatic carbocycles. The molecule has 0 aromatic heterocycles. The third-order valence-electron chi connectivity index (χ3n) is 3.74. The molecule has 8 heteroatoms. The number of fused-ring (bicyclic) bond motifs is 1. The molecule has 0 radical (unpaired) electrons. The molecule has 3 aromatic carbocycles. The van der Waals surface area contributed by atoms with Gasteiger partial charge in [0.15, 0.2) is 6.61 Å². The summed E-state index contributed by atoms with van der Waals surface area (Å²) < 4.78 is 33.6. The van der Waals surface area contributed by atoms with E-state index in [1.807, 2.05) is 24.3 Å². The van der Waals surface area contributed by atoms with E-state index < -0.39 is 35.6 Å². The number of hydrogen-bond acceptors (Lipinski definition) is 3. The van der Waals surface area contributed by atoms with Gasteiger partial charge in [-0.2, -0.15) is 0 Å². The van der Waals surface area contributed by atoms with Crippen molar-refractivity contribution in [3.8, 4) is 5.75 Å². The van der Waals surface area contributed by atoms with Gasteiger partial charge in [-0.05, 0) is 41.1 Å². The molecule has 0 saturated heterocycles. The second-order valence-electron chi connectivity index (χ2n) is 5.67. The van der Waals surface area contributed by atoms with E-state index in [0.717, 1.165) is 21.3 Å². The average Bonchev–Trinajstić information content (AvgIpc) is 2.61. The van der Waals surface area contributed by atoms with Crippen molar-refractivity contribution in [2.75, 3.05) is 11.9 Å². The van der Waals surface area contributed by atoms with Gasteiger partial charge >= 0.3 is 0 Å². The van der Waals surface area contributed by atoms with Crippen LogP contribution in [0.5, 0.6) is 5.75 Å². The number of nitrogens with two attached hydrogens (primary N) is 1. The highest BCUT2D eigenvalue weighted by molar-refractivity contribution is 9.10. The monoisotopic (exact) mass is 434 g/mol. The van der Waals surface area contributed by atoms with Gasteiger partial charge < -0.3 is 15.8 Å². The first kappa shape index (κ1) is 18.8. The van der Waals surface area contributed by atoms with Crippen LogP contribution in [0, 0.1) is 11.6 Å². The molecule has 27 heavy (non-hydrogen) atoms. The number of primary amides is 1. The second-order valence-corrected chi connectivity index (χ2v) is 6.58. The maximum absolute atomic E-state index is 13.8. The molecular formula is C19H13BrF2N2O3. The van der Waals surface area contributed by atoms with Crippen LogP contribution in [0.2, 0.25) is 0 Å². The van der Waals surface area contributed by atoms with Gasteiger partial charge in [0.05, 0.1) is 11.3 Å². The molecule has 0 heterocycles. The molecule has 0 saturated carbocycles. The van der Waals surface area contributed by atoms with Gasteiger partial charge in [0.1, 0.15) is 17.4 Å². The predicted molar refractivity (Wildman–Crippen MR) is 101 cm³/mol. The number of halogens is 3. The van der Waals surface area contributed by atoms with Crippen molar-refractivity contribution < 1.29 is 23.1 Å². The lowest BCUT2D eigenvalue weighted by atomic mass is 10.1. The van der Waals surface area contributed by atoms with Crippen LogP contribution >= 0.6 is 15.9 Å². The van der Waals surface area contributed by atoms with Crippen LogP contribution in [0.3, 0.4) is 0 Å². The highest BCUT2D eigenvalue weighted by Crippen LogP contribution is 2.24. The van der Waals surface area contributed by atoms with Crippen LogP contribution in [0.4, 0.5) is 14.5 Å². The summed E-state index contributed by atoms with van der Waals surface area (Å²) in [6, 6.07) is 12.4. The van der Waals surface area contributed by atoms with E-state index in [0.29, 0.717) is 11.8 Å². The Balaban J connectivity index is 1.69. The highest BCUT2D eigenvalue weighted by Gasteiger charge is 2.15. The van der Waals surface area contributed by atoms with E-state index in [-0.39, 0.29) is 5.69 Å². The number of nitrogens with one attached hydrogen (secondary N) is 1. The molecule has 2 amide bonds. The number of hydrogen-bond donors (Lipinski definition) is 2. The molecule has 0 bridgehead atoms. The first-order valence-electron chi connectivity index (χ1n) is 7.74.